The Labute approximate surface area is 421 Å². The molecule has 0 fully saturated rings. The molecule has 0 spiro atoms. The predicted molar refractivity (Wildman–Crippen MR) is 310 cm³/mol. The molecule has 0 bridgehead atoms. The molecule has 71 heavy (non-hydrogen) atoms. The monoisotopic (exact) mass is 912 g/mol. The van der Waals surface area contributed by atoms with E-state index >= 15 is 0 Å². The number of fused-ring (bicyclic) bond motifs is 16. The number of anilines is 4. The van der Waals surface area contributed by atoms with Crippen molar-refractivity contribution in [1.29, 1.82) is 0 Å². The number of nitrogens with zero attached hydrogens (tertiary/aromatic N) is 2. The van der Waals surface area contributed by atoms with E-state index in [-0.39, 0.29) is 42.1 Å². The van der Waals surface area contributed by atoms with E-state index in [0.29, 0.717) is 0 Å². The summed E-state index contributed by atoms with van der Waals surface area (Å²) in [5.74, 6) is 0. The molecule has 0 aromatic heterocycles. The first-order valence-corrected chi connectivity index (χ1v) is 26.3. The molecule has 0 saturated heterocycles. The Hall–Kier alpha value is -6.71. The van der Waals surface area contributed by atoms with Gasteiger partial charge in [0, 0.05) is 45.0 Å². The highest BCUT2D eigenvalue weighted by atomic mass is 15.1. The second-order valence-corrected chi connectivity index (χ2v) is 26.2. The molecule has 0 unspecified atom stereocenters. The van der Waals surface area contributed by atoms with E-state index in [9.17, 15) is 0 Å². The molecule has 0 amide bonds. The highest BCUT2D eigenvalue weighted by molar-refractivity contribution is 7.06. The summed E-state index contributed by atoms with van der Waals surface area (Å²) >= 11 is 0. The lowest BCUT2D eigenvalue weighted by atomic mass is 9.28. The van der Waals surface area contributed by atoms with Crippen molar-refractivity contribution in [2.24, 2.45) is 0 Å². The van der Waals surface area contributed by atoms with Crippen LogP contribution in [0.25, 0.3) is 66.1 Å². The highest BCUT2D eigenvalue weighted by Gasteiger charge is 2.57. The van der Waals surface area contributed by atoms with E-state index in [1.165, 1.54) is 149 Å². The second kappa shape index (κ2) is 13.2. The molecule has 9 aromatic carbocycles. The molecule has 2 nitrogen and oxygen atoms in total. The minimum atomic E-state index is -0.0841. The van der Waals surface area contributed by atoms with Crippen molar-refractivity contribution in [3.63, 3.8) is 0 Å². The Kier molecular flexibility index (Phi) is 7.83. The van der Waals surface area contributed by atoms with Crippen molar-refractivity contribution < 1.29 is 0 Å². The fourth-order valence-electron chi connectivity index (χ4n) is 14.0. The fourth-order valence-corrected chi connectivity index (χ4v) is 14.0. The molecule has 9 aromatic rings. The van der Waals surface area contributed by atoms with Crippen LogP contribution in [0, 0.1) is 0 Å². The molecular formula is C66H59B3N2. The average Bonchev–Trinajstić information content (AvgIpc) is 3.33. The third kappa shape index (κ3) is 5.43. The minimum absolute atomic E-state index is 0.00581. The van der Waals surface area contributed by atoms with E-state index < -0.39 is 0 Å². The topological polar surface area (TPSA) is 6.48 Å². The molecule has 15 rings (SSSR count). The van der Waals surface area contributed by atoms with Crippen molar-refractivity contribution in [3.8, 4) is 44.5 Å². The SMILES string of the molecule is CC(C)(C)c1ccc2c(c1)B1c3cc4ccccc4cc3-c3cc(C(C)(C)C)cc4c3N1c1c-2cc2c3c1B4c1cc(C(C)(C)C)cc4c1N3B(c1cc3ccccc3cc1-4)c1cc(C(C)(C)C)ccc1-2. The van der Waals surface area contributed by atoms with Gasteiger partial charge >= 0.3 is 13.7 Å². The normalized spacial score (nSPS) is 15.2. The van der Waals surface area contributed by atoms with Crippen LogP contribution in [0.15, 0.2) is 140 Å². The summed E-state index contributed by atoms with van der Waals surface area (Å²) in [7, 11) is 0. The third-order valence-corrected chi connectivity index (χ3v) is 17.7. The van der Waals surface area contributed by atoms with Crippen LogP contribution < -0.4 is 47.9 Å². The van der Waals surface area contributed by atoms with E-state index in [1.54, 1.807) is 0 Å². The van der Waals surface area contributed by atoms with Crippen LogP contribution in [0.5, 0.6) is 0 Å². The first-order chi connectivity index (χ1) is 33.7. The van der Waals surface area contributed by atoms with Crippen LogP contribution in [0.4, 0.5) is 22.7 Å². The molecule has 0 N–H and O–H groups in total. The van der Waals surface area contributed by atoms with Crippen LogP contribution >= 0.6 is 0 Å². The zero-order valence-electron chi connectivity index (χ0n) is 43.4. The van der Waals surface area contributed by atoms with Gasteiger partial charge in [-0.05, 0) is 156 Å². The lowest BCUT2D eigenvalue weighted by Gasteiger charge is -2.55. The van der Waals surface area contributed by atoms with Crippen LogP contribution in [0.1, 0.15) is 105 Å². The summed E-state index contributed by atoms with van der Waals surface area (Å²) in [6, 6.07) is 56.5. The first kappa shape index (κ1) is 42.0. The summed E-state index contributed by atoms with van der Waals surface area (Å²) in [6.07, 6.45) is 0. The molecule has 5 heteroatoms. The smallest absolute Gasteiger partial charge is 0.329 e. The molecule has 342 valence electrons. The molecule has 0 saturated carbocycles. The third-order valence-electron chi connectivity index (χ3n) is 17.7. The number of hydrogen-bond acceptors (Lipinski definition) is 2. The number of rotatable bonds is 0. The largest absolute Gasteiger partial charge is 0.377 e. The maximum atomic E-state index is 2.88. The van der Waals surface area contributed by atoms with Gasteiger partial charge in [-0.3, -0.25) is 0 Å². The lowest BCUT2D eigenvalue weighted by Crippen LogP contribution is -2.72. The van der Waals surface area contributed by atoms with E-state index in [2.05, 4.69) is 232 Å². The van der Waals surface area contributed by atoms with E-state index in [0.717, 1.165) is 0 Å². The van der Waals surface area contributed by atoms with Gasteiger partial charge in [0.2, 0.25) is 0 Å². The van der Waals surface area contributed by atoms with Crippen LogP contribution in [0.3, 0.4) is 0 Å². The van der Waals surface area contributed by atoms with Gasteiger partial charge in [0.25, 0.3) is 6.71 Å². The zero-order valence-corrected chi connectivity index (χ0v) is 43.4. The van der Waals surface area contributed by atoms with Gasteiger partial charge in [-0.1, -0.05) is 192 Å². The summed E-state index contributed by atoms with van der Waals surface area (Å²) in [5, 5.41) is 5.19. The standard InChI is InChI=1S/C66H59B3N2/c1-63(2,3)40-21-23-44-50-35-51-45-24-22-41(64(4,5)6)32-55(45)69-53-28-39-20-16-14-18-37(39)26-47(53)49-30-43(66(10,11)12)34-57-60(49)71(69)62(51)58-61(50)70-59-48(29-42(65(7,8)9)33-56(59)67(57)58)46-25-36-17-13-15-19-38(36)27-52(46)68(70)54(44)31-40/h13-35H,1-12H3. The Morgan fingerprint density at radius 3 is 1.00 bits per heavy atom. The van der Waals surface area contributed by atoms with Crippen LogP contribution in [-0.4, -0.2) is 20.4 Å². The van der Waals surface area contributed by atoms with Gasteiger partial charge in [-0.2, -0.15) is 0 Å². The molecule has 6 aliphatic rings. The molecule has 6 aliphatic heterocycles. The maximum absolute atomic E-state index is 2.88. The Morgan fingerprint density at radius 2 is 0.620 bits per heavy atom. The van der Waals surface area contributed by atoms with Crippen LogP contribution in [0.2, 0.25) is 0 Å². The van der Waals surface area contributed by atoms with Gasteiger partial charge in [-0.25, -0.2) is 0 Å². The van der Waals surface area contributed by atoms with Gasteiger partial charge in [-0.15, -0.1) is 0 Å². The van der Waals surface area contributed by atoms with Gasteiger partial charge in [0.1, 0.15) is 0 Å². The zero-order chi connectivity index (χ0) is 48.7. The molecule has 0 atom stereocenters. The molecule has 0 radical (unpaired) electrons. The van der Waals surface area contributed by atoms with Crippen LogP contribution in [-0.2, 0) is 21.7 Å². The fraction of sp³-hybridized carbons (Fsp3) is 0.242. The average molecular weight is 913 g/mol. The minimum Gasteiger partial charge on any atom is -0.377 e. The summed E-state index contributed by atoms with van der Waals surface area (Å²) in [4.78, 5) is 5.76. The molecular weight excluding hydrogens is 853 g/mol. The van der Waals surface area contributed by atoms with Gasteiger partial charge in [0.05, 0.1) is 0 Å². The van der Waals surface area contributed by atoms with Crippen molar-refractivity contribution in [2.75, 3.05) is 9.62 Å². The Balaban J connectivity index is 1.18. The first-order valence-electron chi connectivity index (χ1n) is 26.3. The maximum Gasteiger partial charge on any atom is 0.329 e. The molecule has 6 heterocycles. The van der Waals surface area contributed by atoms with Crippen molar-refractivity contribution >= 4 is 103 Å². The van der Waals surface area contributed by atoms with E-state index in [4.69, 9.17) is 0 Å². The van der Waals surface area contributed by atoms with Gasteiger partial charge < -0.3 is 9.62 Å². The lowest BCUT2D eigenvalue weighted by molar-refractivity contribution is 0.590. The number of benzene rings is 9. The summed E-state index contributed by atoms with van der Waals surface area (Å²) in [6.45, 7) is 28.7. The van der Waals surface area contributed by atoms with E-state index in [1.807, 2.05) is 0 Å². The quantitative estimate of drug-likeness (QED) is 0.140. The Morgan fingerprint density at radius 1 is 0.282 bits per heavy atom. The second-order valence-electron chi connectivity index (χ2n) is 26.2. The van der Waals surface area contributed by atoms with Crippen molar-refractivity contribution in [2.45, 2.75) is 105 Å². The highest BCUT2D eigenvalue weighted by Crippen LogP contribution is 2.56. The van der Waals surface area contributed by atoms with Gasteiger partial charge in [0.15, 0.2) is 0 Å². The van der Waals surface area contributed by atoms with Crippen molar-refractivity contribution in [3.05, 3.63) is 162 Å². The van der Waals surface area contributed by atoms with Crippen molar-refractivity contribution in [1.82, 2.24) is 0 Å². The predicted octanol–water partition coefficient (Wildman–Crippen LogP) is 12.1. The molecule has 0 aliphatic carbocycles. The number of hydrogen-bond donors (Lipinski definition) is 0. The summed E-state index contributed by atoms with van der Waals surface area (Å²) in [5.41, 5.74) is 31.8. The summed E-state index contributed by atoms with van der Waals surface area (Å²) < 4.78 is 0. The Bertz CT molecular complexity index is 3710.